The van der Waals surface area contributed by atoms with Crippen molar-refractivity contribution in [3.8, 4) is 11.5 Å². The van der Waals surface area contributed by atoms with E-state index in [4.69, 9.17) is 20.7 Å². The van der Waals surface area contributed by atoms with E-state index >= 15 is 0 Å². The largest absolute Gasteiger partial charge is 0.508 e. The molecule has 0 heterocycles. The Bertz CT molecular complexity index is 1100. The number of nitrogens with one attached hydrogen (secondary N) is 2. The van der Waals surface area contributed by atoms with E-state index < -0.39 is 44.4 Å². The summed E-state index contributed by atoms with van der Waals surface area (Å²) in [6, 6.07) is 9.73. The van der Waals surface area contributed by atoms with Crippen LogP contribution in [-0.4, -0.2) is 50.2 Å². The fourth-order valence-corrected chi connectivity index (χ4v) is 1.54. The van der Waals surface area contributed by atoms with Gasteiger partial charge in [-0.3, -0.25) is 0 Å². The zero-order valence-corrected chi connectivity index (χ0v) is 12.3. The minimum Gasteiger partial charge on any atom is -0.508 e. The number of benzene rings is 2. The number of phenols is 2. The van der Waals surface area contributed by atoms with E-state index in [1.807, 2.05) is 0 Å². The maximum atomic E-state index is 9.87. The van der Waals surface area contributed by atoms with E-state index in [2.05, 4.69) is 10.2 Å². The van der Waals surface area contributed by atoms with E-state index in [1.165, 1.54) is 36.4 Å². The minimum absolute atomic E-state index is 0.0533. The van der Waals surface area contributed by atoms with Gasteiger partial charge in [-0.15, -0.1) is 0 Å². The van der Waals surface area contributed by atoms with Crippen LogP contribution >= 0.6 is 0 Å². The standard InChI is InChI=1S/2C9H13NO2/c2*1-10-6-9(12)7-3-2-4-8(11)5-7/h2*2-5,9-12H,6H2,1H3/t2*9-/m00/s1/i1D3,6D2,9D,12D;1D3,6D2,9D/hD2. The third-order valence-electron chi connectivity index (χ3n) is 2.55. The summed E-state index contributed by atoms with van der Waals surface area (Å²) in [5.74, 6) is -0.315. The predicted octanol–water partition coefficient (Wildman–Crippen LogP) is 1.29. The van der Waals surface area contributed by atoms with Gasteiger partial charge in [-0.05, 0) is 49.3 Å². The van der Waals surface area contributed by atoms with Gasteiger partial charge >= 0.3 is 0 Å². The van der Waals surface area contributed by atoms with Gasteiger partial charge in [-0.2, -0.15) is 0 Å². The van der Waals surface area contributed by atoms with Crippen molar-refractivity contribution in [2.45, 2.75) is 12.2 Å². The molecule has 2 rings (SSSR count). The second-order valence-corrected chi connectivity index (χ2v) is 4.23. The summed E-state index contributed by atoms with van der Waals surface area (Å²) in [6.45, 7) is -12.1. The molecule has 0 fully saturated rings. The lowest BCUT2D eigenvalue weighted by molar-refractivity contribution is 0.177. The lowest BCUT2D eigenvalue weighted by atomic mass is 10.1. The molecule has 2 aromatic rings. The summed E-state index contributed by atoms with van der Waals surface area (Å²) in [5.41, 5.74) is -0.530. The van der Waals surface area contributed by atoms with Gasteiger partial charge in [0, 0.05) is 26.7 Å². The Morgan fingerprint density at radius 1 is 1.12 bits per heavy atom. The molecule has 0 unspecified atom stereocenters. The van der Waals surface area contributed by atoms with Crippen LogP contribution < -0.4 is 10.6 Å². The molecule has 0 bridgehead atoms. The van der Waals surface area contributed by atoms with Gasteiger partial charge in [0.15, 0.2) is 0 Å². The van der Waals surface area contributed by atoms with Gasteiger partial charge in [0.2, 0.25) is 1.43 Å². The zero-order valence-electron chi connectivity index (χ0n) is 27.3. The van der Waals surface area contributed by atoms with E-state index in [1.54, 1.807) is 5.32 Å². The number of likely N-dealkylation sites (N-methyl/N-ethyl adjacent to an activating group) is 2. The highest BCUT2D eigenvalue weighted by atomic mass is 16.3. The number of aliphatic hydroxyl groups is 2. The average molecular weight is 350 g/mol. The van der Waals surface area contributed by atoms with Crippen molar-refractivity contribution in [2.75, 3.05) is 26.9 Å². The van der Waals surface area contributed by atoms with Crippen LogP contribution in [0.15, 0.2) is 48.5 Å². The van der Waals surface area contributed by atoms with Crippen LogP contribution in [0, 0.1) is 0 Å². The van der Waals surface area contributed by atoms with Crippen molar-refractivity contribution < 1.29 is 38.3 Å². The number of phenolic OH excluding ortho intramolecular Hbond substituents is 2. The summed E-state index contributed by atoms with van der Waals surface area (Å²) in [7, 11) is 0. The lowest BCUT2D eigenvalue weighted by Gasteiger charge is -2.09. The summed E-state index contributed by atoms with van der Waals surface area (Å²) in [6.07, 6.45) is -5.70. The average Bonchev–Trinajstić information content (AvgIpc) is 2.81. The Hall–Kier alpha value is -2.12. The fourth-order valence-electron chi connectivity index (χ4n) is 1.54. The predicted molar refractivity (Wildman–Crippen MR) is 94.0 cm³/mol. The zero-order chi connectivity index (χ0) is 30.7. The van der Waals surface area contributed by atoms with Crippen molar-refractivity contribution in [1.82, 2.24) is 10.6 Å². The molecule has 0 aliphatic heterocycles. The van der Waals surface area contributed by atoms with Crippen LogP contribution in [0.1, 0.15) is 39.7 Å². The second kappa shape index (κ2) is 10.6. The van der Waals surface area contributed by atoms with Crippen LogP contribution in [0.2, 0.25) is 1.41 Å². The molecule has 2 atom stereocenters. The van der Waals surface area contributed by atoms with E-state index in [0.717, 1.165) is 12.1 Å². The van der Waals surface area contributed by atoms with E-state index in [-0.39, 0.29) is 22.6 Å². The Kier molecular flexibility index (Phi) is 3.10. The molecule has 0 saturated carbocycles. The van der Waals surface area contributed by atoms with Crippen molar-refractivity contribution in [3.05, 3.63) is 59.7 Å². The molecule has 0 saturated heterocycles. The quantitative estimate of drug-likeness (QED) is 0.429. The number of rotatable bonds is 8. The molecular weight excluding hydrogens is 308 g/mol. The van der Waals surface area contributed by atoms with Crippen molar-refractivity contribution >= 4 is 0 Å². The molecule has 6 heteroatoms. The maximum Gasteiger partial charge on any atom is 0.293 e. The number of hydrogen-bond acceptors (Lipinski definition) is 6. The topological polar surface area (TPSA) is 105 Å². The van der Waals surface area contributed by atoms with Gasteiger partial charge in [0.05, 0.1) is 14.9 Å². The fraction of sp³-hybridized carbons (Fsp3) is 0.333. The van der Waals surface area contributed by atoms with E-state index in [0.29, 0.717) is 0 Å². The molecule has 2 aromatic carbocycles. The number of hydrogen-bond donors (Lipinski definition) is 6. The summed E-state index contributed by atoms with van der Waals surface area (Å²) in [4.78, 5) is 0. The monoisotopic (exact) mass is 349 g/mol. The molecule has 0 aliphatic rings. The first-order chi connectivity index (χ1) is 17.5. The summed E-state index contributed by atoms with van der Waals surface area (Å²) < 4.78 is 109. The van der Waals surface area contributed by atoms with Gasteiger partial charge in [-0.25, -0.2) is 0 Å². The first-order valence-electron chi connectivity index (χ1n) is 13.7. The molecule has 0 radical (unpaired) electrons. The number of aromatic hydroxyl groups is 2. The van der Waals surface area contributed by atoms with Crippen molar-refractivity contribution in [1.29, 1.82) is 2.86 Å². The van der Waals surface area contributed by atoms with Gasteiger partial charge in [0.25, 0.3) is 1.43 Å². The third-order valence-corrected chi connectivity index (χ3v) is 2.55. The smallest absolute Gasteiger partial charge is 0.293 e. The van der Waals surface area contributed by atoms with Crippen LogP contribution in [-0.2, 0) is 0 Å². The highest BCUT2D eigenvalue weighted by molar-refractivity contribution is 5.29. The Labute approximate surface area is 163 Å². The van der Waals surface area contributed by atoms with E-state index in [9.17, 15) is 10.2 Å². The van der Waals surface area contributed by atoms with Gasteiger partial charge < -0.3 is 31.1 Å². The minimum atomic E-state index is -3.18. The van der Waals surface area contributed by atoms with Crippen LogP contribution in [0.25, 0.3) is 0 Å². The van der Waals surface area contributed by atoms with Gasteiger partial charge in [-0.1, -0.05) is 24.3 Å². The normalized spacial score (nSPS) is 26.8. The third kappa shape index (κ3) is 6.97. The highest BCUT2D eigenvalue weighted by Gasteiger charge is 2.06. The maximum absolute atomic E-state index is 9.87. The molecule has 24 heavy (non-hydrogen) atoms. The molecule has 0 aromatic heterocycles. The molecule has 6 nitrogen and oxygen atoms in total. The molecule has 132 valence electrons. The Balaban J connectivity index is 0.000000395. The summed E-state index contributed by atoms with van der Waals surface area (Å²) >= 11 is 0. The van der Waals surface area contributed by atoms with Crippen molar-refractivity contribution in [3.63, 3.8) is 0 Å². The highest BCUT2D eigenvalue weighted by Crippen LogP contribution is 2.17. The van der Waals surface area contributed by atoms with Gasteiger partial charge in [0.1, 0.15) is 12.9 Å². The Morgan fingerprint density at radius 2 is 1.83 bits per heavy atom. The first kappa shape index (κ1) is 7.01. The molecular formula is C18H26N2O4. The first-order valence-corrected chi connectivity index (χ1v) is 6.45. The summed E-state index contributed by atoms with van der Waals surface area (Å²) in [5, 5.41) is 28.6. The SMILES string of the molecule is [2H]C([2H])([2H])NC([2H])([2H])[C@]([2H])(O)c1cccc(O)c1.[2H]Oc1cccc([C@@]([2H])(O[2H])C([2H])([2H])N([2H])C([2H])([2H])[2H])c1. The molecule has 6 N–H and O–H groups in total. The Morgan fingerprint density at radius 3 is 2.50 bits per heavy atom. The molecule has 0 aliphatic carbocycles. The lowest BCUT2D eigenvalue weighted by Crippen LogP contribution is -2.16. The molecule has 0 spiro atoms. The second-order valence-electron chi connectivity index (χ2n) is 4.23. The van der Waals surface area contributed by atoms with Crippen LogP contribution in [0.4, 0.5) is 0 Å². The molecule has 0 amide bonds. The van der Waals surface area contributed by atoms with Crippen LogP contribution in [0.3, 0.4) is 0 Å². The van der Waals surface area contributed by atoms with Crippen molar-refractivity contribution in [2.24, 2.45) is 0 Å². The van der Waals surface area contributed by atoms with Crippen LogP contribution in [0.5, 0.6) is 11.5 Å².